The van der Waals surface area contributed by atoms with Crippen LogP contribution in [0.1, 0.15) is 94.4 Å². The Morgan fingerprint density at radius 3 is 2.31 bits per heavy atom. The van der Waals surface area contributed by atoms with E-state index in [1.165, 1.54) is 11.6 Å². The molecule has 4 aliphatic rings. The lowest BCUT2D eigenvalue weighted by molar-refractivity contribution is -0.297. The Morgan fingerprint density at radius 1 is 0.927 bits per heavy atom. The molecule has 0 N–H and O–H groups in total. The number of rotatable bonds is 14. The van der Waals surface area contributed by atoms with Gasteiger partial charge in [0.2, 0.25) is 0 Å². The lowest BCUT2D eigenvalue weighted by atomic mass is 9.96. The molecule has 55 heavy (non-hydrogen) atoms. The Labute approximate surface area is 324 Å². The Bertz CT molecular complexity index is 2080. The van der Waals surface area contributed by atoms with Crippen molar-refractivity contribution in [3.05, 3.63) is 112 Å². The number of fused-ring (bicyclic) bond motifs is 2. The van der Waals surface area contributed by atoms with Gasteiger partial charge in [0.25, 0.3) is 0 Å². The van der Waals surface area contributed by atoms with Crippen LogP contribution in [0.3, 0.4) is 0 Å². The zero-order valence-corrected chi connectivity index (χ0v) is 33.7. The van der Waals surface area contributed by atoms with E-state index < -0.39 is 17.2 Å². The van der Waals surface area contributed by atoms with Gasteiger partial charge in [-0.15, -0.1) is 0 Å². The summed E-state index contributed by atoms with van der Waals surface area (Å²) in [6, 6.07) is 6.67. The van der Waals surface area contributed by atoms with E-state index in [9.17, 15) is 4.79 Å². The molecule has 3 unspecified atom stereocenters. The molecular weight excluding hydrogens is 700 g/mol. The van der Waals surface area contributed by atoms with Crippen molar-refractivity contribution in [3.63, 3.8) is 0 Å². The summed E-state index contributed by atoms with van der Waals surface area (Å²) < 4.78 is 54.7. The standard InChI is InChI=1S/C43H50O10.C2H6/c1-27(10-13-37-41(4,5)51-37)17-22-45-29(3)31-16-20-43(50-36(31)25-30-9-8-21-46-30)52-38(42(6,7)53-43)14-11-28(2)18-23-48-40-32-12-15-39(44)49-35(32)26-34-33(40)19-24-47-34;1-2/h8,12,15-21,24-26,29,37-38H,9-11,13-14,22-23H2,1-7H3;1-2H3/b27-17+,28-18+,30-25+;/t29?,37?,38?,43-;/m0./s1. The molecule has 296 valence electrons. The monoisotopic (exact) mass is 756 g/mol. The van der Waals surface area contributed by atoms with E-state index in [-0.39, 0.29) is 17.8 Å². The van der Waals surface area contributed by atoms with Crippen molar-refractivity contribution in [2.45, 2.75) is 130 Å². The Kier molecular flexibility index (Phi) is 12.3. The third-order valence-corrected chi connectivity index (χ3v) is 10.4. The summed E-state index contributed by atoms with van der Waals surface area (Å²) in [5, 5.41) is 1.53. The molecule has 4 atom stereocenters. The molecule has 0 bridgehead atoms. The molecule has 1 spiro atoms. The lowest BCUT2D eigenvalue weighted by Gasteiger charge is -2.32. The van der Waals surface area contributed by atoms with Crippen LogP contribution in [0.5, 0.6) is 5.75 Å². The number of epoxide rings is 1. The quantitative estimate of drug-likeness (QED) is 0.0895. The van der Waals surface area contributed by atoms with Crippen LogP contribution >= 0.6 is 0 Å². The van der Waals surface area contributed by atoms with Crippen LogP contribution in [-0.2, 0) is 28.4 Å². The van der Waals surface area contributed by atoms with Gasteiger partial charge in [0.15, 0.2) is 0 Å². The molecule has 6 heterocycles. The Balaban J connectivity index is 0.00000253. The molecule has 7 rings (SSSR count). The smallest absolute Gasteiger partial charge is 0.350 e. The topological polar surface area (TPSA) is 111 Å². The maximum Gasteiger partial charge on any atom is 0.350 e. The van der Waals surface area contributed by atoms with Crippen LogP contribution in [0, 0.1) is 0 Å². The third-order valence-electron chi connectivity index (χ3n) is 10.4. The zero-order valence-electron chi connectivity index (χ0n) is 33.7. The minimum atomic E-state index is -1.38. The first-order chi connectivity index (χ1) is 26.3. The van der Waals surface area contributed by atoms with Gasteiger partial charge < -0.3 is 42.0 Å². The third kappa shape index (κ3) is 9.55. The molecule has 10 nitrogen and oxygen atoms in total. The number of furan rings is 1. The maximum atomic E-state index is 11.8. The first kappa shape index (κ1) is 40.3. The normalized spacial score (nSPS) is 25.4. The molecule has 0 saturated carbocycles. The van der Waals surface area contributed by atoms with E-state index in [1.54, 1.807) is 24.7 Å². The highest BCUT2D eigenvalue weighted by Gasteiger charge is 2.54. The van der Waals surface area contributed by atoms with Crippen LogP contribution in [-0.4, -0.2) is 48.7 Å². The van der Waals surface area contributed by atoms with Gasteiger partial charge in [-0.1, -0.05) is 31.1 Å². The SMILES string of the molecule is C/C(=C\COC(C)C1=C(/C=C2\CC=CO2)O[C@@]2(C=C1)OC(CC/C(C)=C/COc1c3ccoc3cc3oc(=O)ccc13)C(C)(C)O2)CCC1OC1(C)C.CC. The van der Waals surface area contributed by atoms with Crippen LogP contribution < -0.4 is 10.4 Å². The van der Waals surface area contributed by atoms with Crippen LogP contribution in [0.25, 0.3) is 21.9 Å². The first-order valence-electron chi connectivity index (χ1n) is 19.5. The van der Waals surface area contributed by atoms with Crippen LogP contribution in [0.15, 0.2) is 115 Å². The minimum absolute atomic E-state index is 0.0114. The molecule has 10 heteroatoms. The zero-order chi connectivity index (χ0) is 39.4. The summed E-state index contributed by atoms with van der Waals surface area (Å²) in [7, 11) is 0. The second kappa shape index (κ2) is 16.8. The van der Waals surface area contributed by atoms with Gasteiger partial charge in [0, 0.05) is 36.3 Å². The fourth-order valence-corrected chi connectivity index (χ4v) is 7.00. The van der Waals surface area contributed by atoms with E-state index in [0.29, 0.717) is 60.2 Å². The lowest BCUT2D eigenvalue weighted by Crippen LogP contribution is -2.37. The predicted octanol–water partition coefficient (Wildman–Crippen LogP) is 10.5. The number of hydrogen-bond donors (Lipinski definition) is 0. The minimum Gasteiger partial charge on any atom is -0.488 e. The molecule has 2 aromatic heterocycles. The highest BCUT2D eigenvalue weighted by Crippen LogP contribution is 2.45. The Morgan fingerprint density at radius 2 is 1.62 bits per heavy atom. The summed E-state index contributed by atoms with van der Waals surface area (Å²) in [6.07, 6.45) is 19.1. The van der Waals surface area contributed by atoms with Crippen molar-refractivity contribution < 1.29 is 42.0 Å². The molecule has 1 aromatic carbocycles. The molecule has 2 fully saturated rings. The van der Waals surface area contributed by atoms with Crippen molar-refractivity contribution in [1.82, 2.24) is 0 Å². The highest BCUT2D eigenvalue weighted by atomic mass is 16.9. The number of allylic oxidation sites excluding steroid dienone is 4. The molecule has 0 radical (unpaired) electrons. The summed E-state index contributed by atoms with van der Waals surface area (Å²) in [5.74, 6) is 0.597. The average Bonchev–Trinajstić information content (AvgIpc) is 3.58. The number of ether oxygens (including phenoxy) is 7. The van der Waals surface area contributed by atoms with Gasteiger partial charge in [-0.3, -0.25) is 0 Å². The van der Waals surface area contributed by atoms with E-state index in [2.05, 4.69) is 39.8 Å². The van der Waals surface area contributed by atoms with Gasteiger partial charge in [-0.25, -0.2) is 4.79 Å². The van der Waals surface area contributed by atoms with Crippen molar-refractivity contribution >= 4 is 21.9 Å². The molecule has 0 amide bonds. The average molecular weight is 757 g/mol. The van der Waals surface area contributed by atoms with Crippen molar-refractivity contribution in [2.24, 2.45) is 0 Å². The van der Waals surface area contributed by atoms with Gasteiger partial charge >= 0.3 is 11.6 Å². The molecular formula is C45H56O10. The maximum absolute atomic E-state index is 11.8. The van der Waals surface area contributed by atoms with E-state index in [4.69, 9.17) is 42.0 Å². The summed E-state index contributed by atoms with van der Waals surface area (Å²) in [4.78, 5) is 11.8. The Hall–Kier alpha value is -4.35. The number of hydrogen-bond acceptors (Lipinski definition) is 10. The summed E-state index contributed by atoms with van der Waals surface area (Å²) in [6.45, 7) is 19.4. The molecule has 4 aliphatic heterocycles. The van der Waals surface area contributed by atoms with E-state index >= 15 is 0 Å². The number of benzene rings is 1. The van der Waals surface area contributed by atoms with Crippen molar-refractivity contribution in [3.8, 4) is 5.75 Å². The fraction of sp³-hybridized carbons (Fsp3) is 0.489. The summed E-state index contributed by atoms with van der Waals surface area (Å²) in [5.41, 5.74) is 3.27. The molecule has 0 aliphatic carbocycles. The van der Waals surface area contributed by atoms with Gasteiger partial charge in [0.05, 0.1) is 59.4 Å². The fourth-order valence-electron chi connectivity index (χ4n) is 7.00. The summed E-state index contributed by atoms with van der Waals surface area (Å²) >= 11 is 0. The second-order valence-corrected chi connectivity index (χ2v) is 15.4. The van der Waals surface area contributed by atoms with Crippen molar-refractivity contribution in [1.29, 1.82) is 0 Å². The first-order valence-corrected chi connectivity index (χ1v) is 19.5. The van der Waals surface area contributed by atoms with Crippen LogP contribution in [0.2, 0.25) is 0 Å². The second-order valence-electron chi connectivity index (χ2n) is 15.4. The van der Waals surface area contributed by atoms with Gasteiger partial charge in [0.1, 0.15) is 35.0 Å². The molecule has 2 saturated heterocycles. The highest BCUT2D eigenvalue weighted by molar-refractivity contribution is 6.01. The van der Waals surface area contributed by atoms with Gasteiger partial charge in [-0.2, -0.15) is 0 Å². The van der Waals surface area contributed by atoms with E-state index in [1.807, 2.05) is 65.0 Å². The largest absolute Gasteiger partial charge is 0.488 e. The predicted molar refractivity (Wildman–Crippen MR) is 212 cm³/mol. The molecule has 3 aromatic rings. The van der Waals surface area contributed by atoms with E-state index in [0.717, 1.165) is 41.6 Å². The van der Waals surface area contributed by atoms with Crippen LogP contribution in [0.4, 0.5) is 0 Å². The van der Waals surface area contributed by atoms with Gasteiger partial charge in [-0.05, 0) is 105 Å². The van der Waals surface area contributed by atoms with Crippen molar-refractivity contribution in [2.75, 3.05) is 13.2 Å².